The third kappa shape index (κ3) is 2.93. The lowest BCUT2D eigenvalue weighted by atomic mass is 10.1. The molecule has 100 valence electrons. The van der Waals surface area contributed by atoms with Crippen LogP contribution in [0.1, 0.15) is 40.3 Å². The number of benzene rings is 1. The maximum Gasteiger partial charge on any atom is 0.252 e. The topological polar surface area (TPSA) is 68.0 Å². The molecule has 2 rings (SSSR count). The van der Waals surface area contributed by atoms with Gasteiger partial charge in [-0.1, -0.05) is 13.0 Å². The predicted octanol–water partition coefficient (Wildman–Crippen LogP) is 2.91. The van der Waals surface area contributed by atoms with Crippen molar-refractivity contribution in [1.29, 1.82) is 0 Å². The minimum absolute atomic E-state index is 0.0478. The van der Waals surface area contributed by atoms with Gasteiger partial charge in [0.15, 0.2) is 0 Å². The molecule has 0 aliphatic heterocycles. The van der Waals surface area contributed by atoms with Crippen LogP contribution < -0.4 is 11.1 Å². The molecule has 0 fully saturated rings. The van der Waals surface area contributed by atoms with Gasteiger partial charge < -0.3 is 11.1 Å². The first-order valence-corrected chi connectivity index (χ1v) is 7.06. The molecule has 0 radical (unpaired) electrons. The lowest BCUT2D eigenvalue weighted by Crippen LogP contribution is -2.28. The van der Waals surface area contributed by atoms with Crippen LogP contribution >= 0.6 is 11.3 Å². The van der Waals surface area contributed by atoms with Gasteiger partial charge in [-0.3, -0.25) is 4.79 Å². The minimum atomic E-state index is -0.105. The number of nitrogens with one attached hydrogen (secondary N) is 1. The van der Waals surface area contributed by atoms with E-state index in [1.165, 1.54) is 0 Å². The van der Waals surface area contributed by atoms with Crippen molar-refractivity contribution in [3.8, 4) is 0 Å². The number of amides is 1. The average molecular weight is 275 g/mol. The Morgan fingerprint density at radius 3 is 2.95 bits per heavy atom. The normalized spacial score (nSPS) is 12.1. The van der Waals surface area contributed by atoms with Gasteiger partial charge in [0.25, 0.3) is 5.91 Å². The molecule has 1 aromatic heterocycles. The van der Waals surface area contributed by atoms with E-state index in [9.17, 15) is 4.79 Å². The van der Waals surface area contributed by atoms with Crippen molar-refractivity contribution >= 4 is 22.9 Å². The summed E-state index contributed by atoms with van der Waals surface area (Å²) in [5.74, 6) is -0.105. The van der Waals surface area contributed by atoms with E-state index in [0.29, 0.717) is 11.3 Å². The standard InChI is InChI=1S/C14H17N3OS/c1-3-12(14-16-7-8-19-14)17-13(18)10-5-4-6-11(15)9(10)2/h4-8,12H,3,15H2,1-2H3,(H,17,18). The van der Waals surface area contributed by atoms with Crippen LogP contribution in [0, 0.1) is 6.92 Å². The second-order valence-corrected chi connectivity index (χ2v) is 5.25. The van der Waals surface area contributed by atoms with Gasteiger partial charge in [0.05, 0.1) is 6.04 Å². The fourth-order valence-corrected chi connectivity index (χ4v) is 2.65. The second-order valence-electron chi connectivity index (χ2n) is 4.32. The van der Waals surface area contributed by atoms with Crippen molar-refractivity contribution in [3.63, 3.8) is 0 Å². The van der Waals surface area contributed by atoms with Crippen LogP contribution in [0.4, 0.5) is 5.69 Å². The average Bonchev–Trinajstić information content (AvgIpc) is 2.92. The van der Waals surface area contributed by atoms with Crippen molar-refractivity contribution < 1.29 is 4.79 Å². The maximum atomic E-state index is 12.3. The van der Waals surface area contributed by atoms with Crippen molar-refractivity contribution in [3.05, 3.63) is 45.9 Å². The molecule has 19 heavy (non-hydrogen) atoms. The highest BCUT2D eigenvalue weighted by Gasteiger charge is 2.17. The van der Waals surface area contributed by atoms with E-state index >= 15 is 0 Å². The van der Waals surface area contributed by atoms with E-state index in [2.05, 4.69) is 10.3 Å². The molecule has 2 aromatic rings. The maximum absolute atomic E-state index is 12.3. The van der Waals surface area contributed by atoms with Crippen LogP contribution in [-0.4, -0.2) is 10.9 Å². The smallest absolute Gasteiger partial charge is 0.252 e. The number of carbonyl (C=O) groups is 1. The number of hydrogen-bond acceptors (Lipinski definition) is 4. The first-order chi connectivity index (χ1) is 9.13. The molecule has 0 spiro atoms. The van der Waals surface area contributed by atoms with Gasteiger partial charge in [-0.2, -0.15) is 0 Å². The number of aromatic nitrogens is 1. The van der Waals surface area contributed by atoms with Gasteiger partial charge in [0.1, 0.15) is 5.01 Å². The Labute approximate surface area is 116 Å². The Balaban J connectivity index is 2.18. The molecule has 1 aromatic carbocycles. The van der Waals surface area contributed by atoms with Crippen LogP contribution in [0.15, 0.2) is 29.8 Å². The number of hydrogen-bond donors (Lipinski definition) is 2. The molecule has 0 aliphatic carbocycles. The molecule has 4 nitrogen and oxygen atoms in total. The first-order valence-electron chi connectivity index (χ1n) is 6.18. The van der Waals surface area contributed by atoms with Gasteiger partial charge in [-0.25, -0.2) is 4.98 Å². The molecular formula is C14H17N3OS. The number of nitrogens with two attached hydrogens (primary N) is 1. The molecule has 3 N–H and O–H groups in total. The minimum Gasteiger partial charge on any atom is -0.398 e. The van der Waals surface area contributed by atoms with Crippen LogP contribution in [0.2, 0.25) is 0 Å². The Morgan fingerprint density at radius 1 is 1.53 bits per heavy atom. The van der Waals surface area contributed by atoms with E-state index < -0.39 is 0 Å². The number of nitrogens with zero attached hydrogens (tertiary/aromatic N) is 1. The van der Waals surface area contributed by atoms with Crippen molar-refractivity contribution in [2.75, 3.05) is 5.73 Å². The number of rotatable bonds is 4. The first kappa shape index (κ1) is 13.5. The predicted molar refractivity (Wildman–Crippen MR) is 78.2 cm³/mol. The zero-order valence-electron chi connectivity index (χ0n) is 11.0. The van der Waals surface area contributed by atoms with Crippen molar-refractivity contribution in [2.45, 2.75) is 26.3 Å². The Morgan fingerprint density at radius 2 is 2.32 bits per heavy atom. The highest BCUT2D eigenvalue weighted by Crippen LogP contribution is 2.21. The molecule has 0 aliphatic rings. The Kier molecular flexibility index (Phi) is 4.16. The summed E-state index contributed by atoms with van der Waals surface area (Å²) in [5.41, 5.74) is 7.89. The largest absolute Gasteiger partial charge is 0.398 e. The summed E-state index contributed by atoms with van der Waals surface area (Å²) < 4.78 is 0. The molecule has 0 saturated heterocycles. The molecule has 1 heterocycles. The highest BCUT2D eigenvalue weighted by molar-refractivity contribution is 7.09. The van der Waals surface area contributed by atoms with Crippen LogP contribution in [-0.2, 0) is 0 Å². The molecule has 1 unspecified atom stereocenters. The third-order valence-electron chi connectivity index (χ3n) is 3.08. The van der Waals surface area contributed by atoms with E-state index in [0.717, 1.165) is 17.0 Å². The highest BCUT2D eigenvalue weighted by atomic mass is 32.1. The summed E-state index contributed by atoms with van der Waals surface area (Å²) in [5, 5.41) is 5.85. The lowest BCUT2D eigenvalue weighted by molar-refractivity contribution is 0.0935. The number of carbonyl (C=O) groups excluding carboxylic acids is 1. The molecule has 0 saturated carbocycles. The molecule has 0 bridgehead atoms. The van der Waals surface area contributed by atoms with Gasteiger partial charge in [-0.05, 0) is 31.0 Å². The summed E-state index contributed by atoms with van der Waals surface area (Å²) in [6.45, 7) is 3.88. The molecule has 1 atom stereocenters. The van der Waals surface area contributed by atoms with Gasteiger partial charge in [0, 0.05) is 22.8 Å². The number of thiazole rings is 1. The quantitative estimate of drug-likeness (QED) is 0.843. The fraction of sp³-hybridized carbons (Fsp3) is 0.286. The Bertz CT molecular complexity index is 566. The molecule has 5 heteroatoms. The Hall–Kier alpha value is -1.88. The third-order valence-corrected chi connectivity index (χ3v) is 3.97. The number of nitrogen functional groups attached to an aromatic ring is 1. The van der Waals surface area contributed by atoms with E-state index in [-0.39, 0.29) is 11.9 Å². The van der Waals surface area contributed by atoms with Crippen molar-refractivity contribution in [1.82, 2.24) is 10.3 Å². The van der Waals surface area contributed by atoms with E-state index in [4.69, 9.17) is 5.73 Å². The zero-order valence-corrected chi connectivity index (χ0v) is 11.8. The summed E-state index contributed by atoms with van der Waals surface area (Å²) >= 11 is 1.55. The summed E-state index contributed by atoms with van der Waals surface area (Å²) in [4.78, 5) is 16.5. The number of anilines is 1. The van der Waals surface area contributed by atoms with Crippen LogP contribution in [0.3, 0.4) is 0 Å². The van der Waals surface area contributed by atoms with Crippen LogP contribution in [0.25, 0.3) is 0 Å². The van der Waals surface area contributed by atoms with Gasteiger partial charge in [-0.15, -0.1) is 11.3 Å². The van der Waals surface area contributed by atoms with Gasteiger partial charge >= 0.3 is 0 Å². The molecule has 1 amide bonds. The lowest BCUT2D eigenvalue weighted by Gasteiger charge is -2.16. The summed E-state index contributed by atoms with van der Waals surface area (Å²) in [6.07, 6.45) is 2.56. The molecular weight excluding hydrogens is 258 g/mol. The fourth-order valence-electron chi connectivity index (χ4n) is 1.88. The SMILES string of the molecule is CCC(NC(=O)c1cccc(N)c1C)c1nccs1. The second kappa shape index (κ2) is 5.84. The van der Waals surface area contributed by atoms with Gasteiger partial charge in [0.2, 0.25) is 0 Å². The van der Waals surface area contributed by atoms with E-state index in [1.54, 1.807) is 35.7 Å². The monoisotopic (exact) mass is 275 g/mol. The van der Waals surface area contributed by atoms with Crippen LogP contribution in [0.5, 0.6) is 0 Å². The van der Waals surface area contributed by atoms with E-state index in [1.807, 2.05) is 19.2 Å². The van der Waals surface area contributed by atoms with Crippen molar-refractivity contribution in [2.24, 2.45) is 0 Å². The summed E-state index contributed by atoms with van der Waals surface area (Å²) in [6, 6.07) is 5.33. The summed E-state index contributed by atoms with van der Waals surface area (Å²) in [7, 11) is 0. The zero-order chi connectivity index (χ0) is 13.8.